The number of sulfone groups is 1. The maximum absolute atomic E-state index is 13.5. The summed E-state index contributed by atoms with van der Waals surface area (Å²) < 4.78 is 27.0. The molecule has 2 N–H and O–H groups in total. The highest BCUT2D eigenvalue weighted by Gasteiger charge is 2.47. The predicted octanol–water partition coefficient (Wildman–Crippen LogP) is 4.30. The van der Waals surface area contributed by atoms with Crippen molar-refractivity contribution in [1.82, 2.24) is 0 Å². The van der Waals surface area contributed by atoms with Crippen LogP contribution in [0, 0.1) is 0 Å². The van der Waals surface area contributed by atoms with E-state index in [1.165, 1.54) is 41.3 Å². The first kappa shape index (κ1) is 22.6. The maximum Gasteiger partial charge on any atom is 0.307 e. The summed E-state index contributed by atoms with van der Waals surface area (Å²) in [4.78, 5) is 24.8. The van der Waals surface area contributed by atoms with Crippen LogP contribution in [0.3, 0.4) is 0 Å². The van der Waals surface area contributed by atoms with Gasteiger partial charge in [0, 0.05) is 10.7 Å². The first-order valence-electron chi connectivity index (χ1n) is 9.83. The van der Waals surface area contributed by atoms with E-state index in [1.807, 2.05) is 0 Å². The summed E-state index contributed by atoms with van der Waals surface area (Å²) in [5.41, 5.74) is 1.25. The molecule has 0 radical (unpaired) electrons. The van der Waals surface area contributed by atoms with Gasteiger partial charge in [-0.05, 0) is 47.5 Å². The van der Waals surface area contributed by atoms with Crippen molar-refractivity contribution in [3.63, 3.8) is 0 Å². The first-order valence-corrected chi connectivity index (χ1v) is 11.7. The van der Waals surface area contributed by atoms with E-state index in [0.717, 1.165) is 0 Å². The fourth-order valence-corrected chi connectivity index (χ4v) is 5.52. The summed E-state index contributed by atoms with van der Waals surface area (Å²) in [6.45, 7) is 0. The number of carboxylic acid groups (broad SMARTS) is 1. The summed E-state index contributed by atoms with van der Waals surface area (Å²) in [6.07, 6.45) is -0.202. The van der Waals surface area contributed by atoms with Gasteiger partial charge in [-0.1, -0.05) is 54.1 Å². The SMILES string of the molecule is O=C(O)Cc1ccc(N2C(=O)C(O)=C(S(=O)(=O)c3ccccc3)C2c2ccc(Cl)cc2)cc1. The lowest BCUT2D eigenvalue weighted by Gasteiger charge is -2.27. The number of aliphatic carboxylic acids is 1. The fourth-order valence-electron chi connectivity index (χ4n) is 3.75. The number of hydrogen-bond acceptors (Lipinski definition) is 5. The smallest absolute Gasteiger partial charge is 0.307 e. The van der Waals surface area contributed by atoms with E-state index in [4.69, 9.17) is 16.7 Å². The number of anilines is 1. The quantitative estimate of drug-likeness (QED) is 0.540. The molecule has 1 aliphatic rings. The summed E-state index contributed by atoms with van der Waals surface area (Å²) in [7, 11) is -4.24. The Morgan fingerprint density at radius 3 is 2.12 bits per heavy atom. The molecule has 33 heavy (non-hydrogen) atoms. The number of rotatable bonds is 6. The molecule has 0 aliphatic carbocycles. The topological polar surface area (TPSA) is 112 Å². The highest BCUT2D eigenvalue weighted by Crippen LogP contribution is 2.44. The Bertz CT molecular complexity index is 1350. The van der Waals surface area contributed by atoms with Gasteiger partial charge in [-0.15, -0.1) is 0 Å². The molecule has 168 valence electrons. The van der Waals surface area contributed by atoms with Gasteiger partial charge in [0.1, 0.15) is 10.9 Å². The standard InChI is InChI=1S/C24H18ClNO6S/c25-17-10-8-16(9-11-17)21-23(33(31,32)19-4-2-1-3-5-19)22(29)24(30)26(21)18-12-6-15(7-13-18)14-20(27)28/h1-13,21,29H,14H2,(H,27,28). The van der Waals surface area contributed by atoms with Crippen LogP contribution in [0.4, 0.5) is 5.69 Å². The Kier molecular flexibility index (Phi) is 5.97. The van der Waals surface area contributed by atoms with Crippen molar-refractivity contribution in [2.75, 3.05) is 4.90 Å². The van der Waals surface area contributed by atoms with Crippen LogP contribution in [-0.2, 0) is 25.8 Å². The molecule has 1 aliphatic heterocycles. The minimum absolute atomic E-state index is 0.0584. The Morgan fingerprint density at radius 1 is 0.939 bits per heavy atom. The Labute approximate surface area is 195 Å². The number of carbonyl (C=O) groups excluding carboxylic acids is 1. The van der Waals surface area contributed by atoms with Crippen molar-refractivity contribution in [3.05, 3.63) is 106 Å². The first-order chi connectivity index (χ1) is 15.7. The second-order valence-corrected chi connectivity index (χ2v) is 9.75. The van der Waals surface area contributed by atoms with Gasteiger partial charge >= 0.3 is 5.97 Å². The fraction of sp³-hybridized carbons (Fsp3) is 0.0833. The Balaban J connectivity index is 1.87. The van der Waals surface area contributed by atoms with E-state index in [-0.39, 0.29) is 11.3 Å². The minimum atomic E-state index is -4.24. The number of nitrogens with zero attached hydrogens (tertiary/aromatic N) is 1. The van der Waals surface area contributed by atoms with E-state index in [9.17, 15) is 23.1 Å². The molecule has 1 amide bonds. The number of carbonyl (C=O) groups is 2. The maximum atomic E-state index is 13.5. The van der Waals surface area contributed by atoms with Crippen molar-refractivity contribution >= 4 is 39.0 Å². The van der Waals surface area contributed by atoms with Crippen LogP contribution < -0.4 is 4.90 Å². The molecule has 1 atom stereocenters. The van der Waals surface area contributed by atoms with Crippen LogP contribution in [-0.4, -0.2) is 30.5 Å². The minimum Gasteiger partial charge on any atom is -0.502 e. The molecule has 3 aromatic rings. The summed E-state index contributed by atoms with van der Waals surface area (Å²) in [5, 5.41) is 20.2. The zero-order valence-electron chi connectivity index (χ0n) is 17.1. The van der Waals surface area contributed by atoms with Crippen LogP contribution in [0.2, 0.25) is 5.02 Å². The Hall–Kier alpha value is -3.62. The molecule has 4 rings (SSSR count). The highest BCUT2D eigenvalue weighted by molar-refractivity contribution is 7.95. The molecule has 0 bridgehead atoms. The second kappa shape index (κ2) is 8.73. The lowest BCUT2D eigenvalue weighted by atomic mass is 10.1. The van der Waals surface area contributed by atoms with E-state index >= 15 is 0 Å². The third-order valence-electron chi connectivity index (χ3n) is 5.26. The van der Waals surface area contributed by atoms with Crippen LogP contribution in [0.15, 0.2) is 94.4 Å². The van der Waals surface area contributed by atoms with Crippen LogP contribution in [0.25, 0.3) is 0 Å². The Morgan fingerprint density at radius 2 is 1.55 bits per heavy atom. The van der Waals surface area contributed by atoms with Gasteiger partial charge in [0.2, 0.25) is 9.84 Å². The summed E-state index contributed by atoms with van der Waals surface area (Å²) in [6, 6.07) is 18.8. The zero-order valence-corrected chi connectivity index (χ0v) is 18.6. The molecule has 7 nitrogen and oxygen atoms in total. The van der Waals surface area contributed by atoms with Crippen molar-refractivity contribution < 1.29 is 28.2 Å². The molecule has 0 saturated heterocycles. The molecule has 0 aromatic heterocycles. The van der Waals surface area contributed by atoms with E-state index in [1.54, 1.807) is 42.5 Å². The third-order valence-corrected chi connectivity index (χ3v) is 7.40. The van der Waals surface area contributed by atoms with Gasteiger partial charge in [0.15, 0.2) is 5.76 Å². The van der Waals surface area contributed by atoms with Gasteiger partial charge in [-0.2, -0.15) is 0 Å². The third kappa shape index (κ3) is 4.22. The number of aliphatic hydroxyl groups excluding tert-OH is 1. The molecule has 1 heterocycles. The van der Waals surface area contributed by atoms with E-state index in [0.29, 0.717) is 21.8 Å². The van der Waals surface area contributed by atoms with Crippen LogP contribution >= 0.6 is 11.6 Å². The lowest BCUT2D eigenvalue weighted by Crippen LogP contribution is -2.31. The van der Waals surface area contributed by atoms with Crippen LogP contribution in [0.5, 0.6) is 0 Å². The van der Waals surface area contributed by atoms with Crippen molar-refractivity contribution in [3.8, 4) is 0 Å². The summed E-state index contributed by atoms with van der Waals surface area (Å²) >= 11 is 6.00. The molecule has 1 unspecified atom stereocenters. The molecule has 3 aromatic carbocycles. The molecular formula is C24H18ClNO6S. The van der Waals surface area contributed by atoms with E-state index in [2.05, 4.69) is 0 Å². The lowest BCUT2D eigenvalue weighted by molar-refractivity contribution is -0.136. The average molecular weight is 484 g/mol. The largest absolute Gasteiger partial charge is 0.502 e. The molecule has 0 fully saturated rings. The summed E-state index contributed by atoms with van der Waals surface area (Å²) in [5.74, 6) is -2.75. The number of hydrogen-bond donors (Lipinski definition) is 2. The molecule has 0 spiro atoms. The monoisotopic (exact) mass is 483 g/mol. The number of aliphatic hydroxyl groups is 1. The van der Waals surface area contributed by atoms with Crippen molar-refractivity contribution in [1.29, 1.82) is 0 Å². The van der Waals surface area contributed by atoms with Gasteiger partial charge in [-0.25, -0.2) is 8.42 Å². The van der Waals surface area contributed by atoms with Crippen molar-refractivity contribution in [2.45, 2.75) is 17.4 Å². The normalized spacial score (nSPS) is 16.3. The van der Waals surface area contributed by atoms with Crippen LogP contribution in [0.1, 0.15) is 17.2 Å². The highest BCUT2D eigenvalue weighted by atomic mass is 35.5. The zero-order chi connectivity index (χ0) is 23.8. The predicted molar refractivity (Wildman–Crippen MR) is 123 cm³/mol. The van der Waals surface area contributed by atoms with E-state index < -0.39 is 38.4 Å². The molecule has 0 saturated carbocycles. The van der Waals surface area contributed by atoms with Gasteiger partial charge in [0.25, 0.3) is 5.91 Å². The van der Waals surface area contributed by atoms with Gasteiger partial charge < -0.3 is 10.2 Å². The number of carboxylic acids is 1. The second-order valence-electron chi connectivity index (χ2n) is 7.40. The number of amides is 1. The number of benzene rings is 3. The molecular weight excluding hydrogens is 466 g/mol. The van der Waals surface area contributed by atoms with Gasteiger partial charge in [0.05, 0.1) is 11.3 Å². The average Bonchev–Trinajstić information content (AvgIpc) is 3.06. The molecule has 9 heteroatoms. The number of halogens is 1. The van der Waals surface area contributed by atoms with Crippen molar-refractivity contribution in [2.24, 2.45) is 0 Å². The van der Waals surface area contributed by atoms with Gasteiger partial charge in [-0.3, -0.25) is 14.5 Å².